The number of hydrogen-bond acceptors (Lipinski definition) is 3. The highest BCUT2D eigenvalue weighted by atomic mass is 16.4. The van der Waals surface area contributed by atoms with Crippen molar-refractivity contribution in [3.05, 3.63) is 52.8 Å². The molecule has 0 bridgehead atoms. The Morgan fingerprint density at radius 3 is 2.36 bits per heavy atom. The Bertz CT molecular complexity index is 689. The average Bonchev–Trinajstić information content (AvgIpc) is 2.77. The first kappa shape index (κ1) is 15.8. The molecule has 1 N–H and O–H groups in total. The van der Waals surface area contributed by atoms with E-state index in [1.165, 1.54) is 12.1 Å². The Hall–Kier alpha value is -2.63. The molecule has 2 rings (SSSR count). The highest BCUT2D eigenvalue weighted by Gasteiger charge is 2.12. The summed E-state index contributed by atoms with van der Waals surface area (Å²) in [5.41, 5.74) is 2.96. The van der Waals surface area contributed by atoms with E-state index < -0.39 is 5.97 Å². The van der Waals surface area contributed by atoms with Gasteiger partial charge in [0.1, 0.15) is 6.54 Å². The molecule has 0 unspecified atom stereocenters. The molecule has 1 aromatic carbocycles. The van der Waals surface area contributed by atoms with Crippen LogP contribution < -0.4 is 0 Å². The minimum Gasteiger partial charge on any atom is -0.478 e. The maximum absolute atomic E-state index is 12.2. The first-order chi connectivity index (χ1) is 10.4. The number of carbonyl (C=O) groups is 2. The van der Waals surface area contributed by atoms with Crippen molar-refractivity contribution in [3.8, 4) is 0 Å². The number of aryl methyl sites for hydroxylation is 2. The second-order valence-electron chi connectivity index (χ2n) is 5.34. The smallest absolute Gasteiger partial charge is 0.335 e. The number of benzene rings is 1. The number of aromatic carboxylic acids is 1. The van der Waals surface area contributed by atoms with E-state index in [1.54, 1.807) is 28.8 Å². The summed E-state index contributed by atoms with van der Waals surface area (Å²) in [7, 11) is 1.72. The standard InChI is InChI=1S/C16H19N3O3/c1-11-8-12(2)19(17-11)10-15(20)18(3)9-13-4-6-14(7-5-13)16(21)22/h4-8H,9-10H2,1-3H3,(H,21,22). The molecule has 0 atom stereocenters. The van der Waals surface area contributed by atoms with E-state index in [-0.39, 0.29) is 18.0 Å². The highest BCUT2D eigenvalue weighted by molar-refractivity contribution is 5.87. The summed E-state index contributed by atoms with van der Waals surface area (Å²) in [6.07, 6.45) is 0. The predicted octanol–water partition coefficient (Wildman–Crippen LogP) is 1.86. The monoisotopic (exact) mass is 301 g/mol. The molecule has 22 heavy (non-hydrogen) atoms. The molecule has 0 saturated carbocycles. The van der Waals surface area contributed by atoms with Crippen molar-refractivity contribution >= 4 is 11.9 Å². The van der Waals surface area contributed by atoms with Crippen LogP contribution in [0.3, 0.4) is 0 Å². The van der Waals surface area contributed by atoms with Gasteiger partial charge in [0.25, 0.3) is 0 Å². The quantitative estimate of drug-likeness (QED) is 0.914. The molecule has 0 spiro atoms. The Morgan fingerprint density at radius 1 is 1.23 bits per heavy atom. The lowest BCUT2D eigenvalue weighted by Gasteiger charge is -2.18. The van der Waals surface area contributed by atoms with Gasteiger partial charge < -0.3 is 10.0 Å². The molecule has 0 aliphatic heterocycles. The van der Waals surface area contributed by atoms with Crippen molar-refractivity contribution in [2.24, 2.45) is 0 Å². The molecule has 0 aliphatic carbocycles. The van der Waals surface area contributed by atoms with Gasteiger partial charge in [-0.3, -0.25) is 9.48 Å². The zero-order chi connectivity index (χ0) is 16.3. The van der Waals surface area contributed by atoms with Crippen LogP contribution in [0.1, 0.15) is 27.3 Å². The summed E-state index contributed by atoms with van der Waals surface area (Å²) in [6, 6.07) is 8.44. The van der Waals surface area contributed by atoms with Crippen LogP contribution in [0.2, 0.25) is 0 Å². The molecule has 2 aromatic rings. The molecule has 1 amide bonds. The maximum Gasteiger partial charge on any atom is 0.335 e. The van der Waals surface area contributed by atoms with Gasteiger partial charge in [0, 0.05) is 19.3 Å². The molecule has 1 aromatic heterocycles. The minimum absolute atomic E-state index is 0.0477. The van der Waals surface area contributed by atoms with Gasteiger partial charge in [-0.25, -0.2) is 4.79 Å². The van der Waals surface area contributed by atoms with Crippen LogP contribution in [0.15, 0.2) is 30.3 Å². The van der Waals surface area contributed by atoms with Gasteiger partial charge in [0.05, 0.1) is 11.3 Å². The fraction of sp³-hybridized carbons (Fsp3) is 0.312. The van der Waals surface area contributed by atoms with Crippen molar-refractivity contribution < 1.29 is 14.7 Å². The van der Waals surface area contributed by atoms with Crippen LogP contribution in [0, 0.1) is 13.8 Å². The zero-order valence-corrected chi connectivity index (χ0v) is 12.9. The van der Waals surface area contributed by atoms with E-state index in [9.17, 15) is 9.59 Å². The molecular weight excluding hydrogens is 282 g/mol. The van der Waals surface area contributed by atoms with Crippen LogP contribution in [0.5, 0.6) is 0 Å². The van der Waals surface area contributed by atoms with Gasteiger partial charge in [-0.2, -0.15) is 5.10 Å². The van der Waals surface area contributed by atoms with Gasteiger partial charge in [0.15, 0.2) is 0 Å². The van der Waals surface area contributed by atoms with Crippen molar-refractivity contribution in [1.82, 2.24) is 14.7 Å². The summed E-state index contributed by atoms with van der Waals surface area (Å²) in [4.78, 5) is 24.6. The molecular formula is C16H19N3O3. The third-order valence-electron chi connectivity index (χ3n) is 3.43. The Kier molecular flexibility index (Phi) is 4.60. The number of amides is 1. The lowest BCUT2D eigenvalue weighted by atomic mass is 10.1. The number of likely N-dealkylation sites (N-methyl/N-ethyl adjacent to an activating group) is 1. The fourth-order valence-corrected chi connectivity index (χ4v) is 2.20. The topological polar surface area (TPSA) is 75.4 Å². The molecule has 0 aliphatic rings. The number of carboxylic acid groups (broad SMARTS) is 1. The second kappa shape index (κ2) is 6.43. The van der Waals surface area contributed by atoms with Crippen molar-refractivity contribution in [3.63, 3.8) is 0 Å². The predicted molar refractivity (Wildman–Crippen MR) is 81.6 cm³/mol. The number of carboxylic acids is 1. The number of nitrogens with zero attached hydrogens (tertiary/aromatic N) is 3. The van der Waals surface area contributed by atoms with E-state index in [2.05, 4.69) is 5.10 Å². The first-order valence-electron chi connectivity index (χ1n) is 6.94. The number of hydrogen-bond donors (Lipinski definition) is 1. The number of carbonyl (C=O) groups excluding carboxylic acids is 1. The van der Waals surface area contributed by atoms with Crippen LogP contribution in [0.25, 0.3) is 0 Å². The van der Waals surface area contributed by atoms with E-state index in [4.69, 9.17) is 5.11 Å². The lowest BCUT2D eigenvalue weighted by Crippen LogP contribution is -2.30. The van der Waals surface area contributed by atoms with Crippen LogP contribution in [-0.2, 0) is 17.9 Å². The third-order valence-corrected chi connectivity index (χ3v) is 3.43. The summed E-state index contributed by atoms with van der Waals surface area (Å²) < 4.78 is 1.68. The number of rotatable bonds is 5. The summed E-state index contributed by atoms with van der Waals surface area (Å²) in [5, 5.41) is 13.1. The van der Waals surface area contributed by atoms with Gasteiger partial charge >= 0.3 is 5.97 Å². The van der Waals surface area contributed by atoms with Crippen molar-refractivity contribution in [2.45, 2.75) is 26.9 Å². The van der Waals surface area contributed by atoms with Crippen molar-refractivity contribution in [1.29, 1.82) is 0 Å². The van der Waals surface area contributed by atoms with E-state index >= 15 is 0 Å². The largest absolute Gasteiger partial charge is 0.478 e. The average molecular weight is 301 g/mol. The van der Waals surface area contributed by atoms with Crippen LogP contribution >= 0.6 is 0 Å². The summed E-state index contributed by atoms with van der Waals surface area (Å²) in [6.45, 7) is 4.43. The summed E-state index contributed by atoms with van der Waals surface area (Å²) >= 11 is 0. The van der Waals surface area contributed by atoms with E-state index in [0.717, 1.165) is 17.0 Å². The fourth-order valence-electron chi connectivity index (χ4n) is 2.20. The SMILES string of the molecule is Cc1cc(C)n(CC(=O)N(C)Cc2ccc(C(=O)O)cc2)n1. The molecule has 6 heteroatoms. The maximum atomic E-state index is 12.2. The van der Waals surface area contributed by atoms with Crippen LogP contribution in [-0.4, -0.2) is 38.7 Å². The minimum atomic E-state index is -0.958. The molecule has 0 fully saturated rings. The molecule has 0 radical (unpaired) electrons. The molecule has 6 nitrogen and oxygen atoms in total. The van der Waals surface area contributed by atoms with Gasteiger partial charge in [-0.05, 0) is 37.6 Å². The van der Waals surface area contributed by atoms with Crippen LogP contribution in [0.4, 0.5) is 0 Å². The first-order valence-corrected chi connectivity index (χ1v) is 6.94. The normalized spacial score (nSPS) is 10.5. The Morgan fingerprint density at radius 2 is 1.86 bits per heavy atom. The van der Waals surface area contributed by atoms with E-state index in [0.29, 0.717) is 6.54 Å². The molecule has 1 heterocycles. The zero-order valence-electron chi connectivity index (χ0n) is 12.9. The van der Waals surface area contributed by atoms with Gasteiger partial charge in [0.2, 0.25) is 5.91 Å². The second-order valence-corrected chi connectivity index (χ2v) is 5.34. The Balaban J connectivity index is 1.99. The van der Waals surface area contributed by atoms with E-state index in [1.807, 2.05) is 19.9 Å². The van der Waals surface area contributed by atoms with Gasteiger partial charge in [-0.1, -0.05) is 12.1 Å². The third kappa shape index (κ3) is 3.72. The molecule has 0 saturated heterocycles. The molecule has 116 valence electrons. The van der Waals surface area contributed by atoms with Gasteiger partial charge in [-0.15, -0.1) is 0 Å². The lowest BCUT2D eigenvalue weighted by molar-refractivity contribution is -0.131. The Labute approximate surface area is 129 Å². The number of aromatic nitrogens is 2. The van der Waals surface area contributed by atoms with Crippen molar-refractivity contribution in [2.75, 3.05) is 7.05 Å². The highest BCUT2D eigenvalue weighted by Crippen LogP contribution is 2.08. The summed E-state index contributed by atoms with van der Waals surface area (Å²) in [5.74, 6) is -1.01.